The number of nitrogens with one attached hydrogen (secondary N) is 2. The zero-order valence-electron chi connectivity index (χ0n) is 14.3. The number of amides is 2. The normalized spacial score (nSPS) is 17.4. The average molecular weight is 364 g/mol. The summed E-state index contributed by atoms with van der Waals surface area (Å²) < 4.78 is 32.8. The molecule has 7 nitrogen and oxygen atoms in total. The Kier molecular flexibility index (Phi) is 4.88. The van der Waals surface area contributed by atoms with E-state index in [4.69, 9.17) is 0 Å². The monoisotopic (exact) mass is 364 g/mol. The Morgan fingerprint density at radius 2 is 2.19 bits per heavy atom. The Morgan fingerprint density at radius 3 is 2.92 bits per heavy atom. The standard InChI is InChI=1S/C17H18F2N4O3/c1-9(16(24)26-2)22-17(25)23-7-6-12-14(21-8-20-12)15(23)10-4-3-5-11(18)13(10)19/h3-5,8-9,15H,6-7H2,1-2H3,(H,20,21)(H,22,25)/t9-,15+/m1/s1. The number of hydrogen-bond donors (Lipinski definition) is 2. The quantitative estimate of drug-likeness (QED) is 0.815. The van der Waals surface area contributed by atoms with Crippen LogP contribution in [0.1, 0.15) is 29.9 Å². The minimum Gasteiger partial charge on any atom is -0.467 e. The van der Waals surface area contributed by atoms with Gasteiger partial charge in [0, 0.05) is 24.2 Å². The van der Waals surface area contributed by atoms with Crippen molar-refractivity contribution < 1.29 is 23.1 Å². The van der Waals surface area contributed by atoms with Crippen molar-refractivity contribution in [3.05, 3.63) is 53.1 Å². The molecule has 138 valence electrons. The third-order valence-corrected chi connectivity index (χ3v) is 4.36. The van der Waals surface area contributed by atoms with E-state index in [1.54, 1.807) is 0 Å². The van der Waals surface area contributed by atoms with E-state index in [9.17, 15) is 18.4 Å². The first kappa shape index (κ1) is 17.8. The van der Waals surface area contributed by atoms with Gasteiger partial charge in [0.05, 0.1) is 19.1 Å². The summed E-state index contributed by atoms with van der Waals surface area (Å²) in [5, 5.41) is 2.52. The van der Waals surface area contributed by atoms with E-state index >= 15 is 0 Å². The smallest absolute Gasteiger partial charge is 0.328 e. The number of hydrogen-bond acceptors (Lipinski definition) is 4. The van der Waals surface area contributed by atoms with Crippen LogP contribution in [0.5, 0.6) is 0 Å². The summed E-state index contributed by atoms with van der Waals surface area (Å²) in [5.41, 5.74) is 1.20. The molecule has 0 bridgehead atoms. The number of carbonyl (C=O) groups is 2. The number of esters is 1. The van der Waals surface area contributed by atoms with Gasteiger partial charge in [0.1, 0.15) is 12.1 Å². The molecule has 0 unspecified atom stereocenters. The van der Waals surface area contributed by atoms with Crippen molar-refractivity contribution in [2.45, 2.75) is 25.4 Å². The minimum absolute atomic E-state index is 0.000999. The minimum atomic E-state index is -1.04. The number of urea groups is 1. The van der Waals surface area contributed by atoms with Crippen LogP contribution in [-0.4, -0.2) is 46.6 Å². The summed E-state index contributed by atoms with van der Waals surface area (Å²) in [6, 6.07) is 1.41. The fourth-order valence-corrected chi connectivity index (χ4v) is 3.05. The number of benzene rings is 1. The van der Waals surface area contributed by atoms with Gasteiger partial charge >= 0.3 is 12.0 Å². The largest absolute Gasteiger partial charge is 0.467 e. The molecule has 2 aromatic rings. The van der Waals surface area contributed by atoms with Gasteiger partial charge in [0.2, 0.25) is 0 Å². The van der Waals surface area contributed by atoms with Crippen molar-refractivity contribution in [1.29, 1.82) is 0 Å². The third-order valence-electron chi connectivity index (χ3n) is 4.36. The van der Waals surface area contributed by atoms with Gasteiger partial charge in [-0.2, -0.15) is 0 Å². The number of H-pyrrole nitrogens is 1. The Hall–Kier alpha value is -2.97. The molecule has 0 fully saturated rings. The van der Waals surface area contributed by atoms with E-state index in [0.29, 0.717) is 12.1 Å². The summed E-state index contributed by atoms with van der Waals surface area (Å²) in [4.78, 5) is 32.7. The van der Waals surface area contributed by atoms with Crippen LogP contribution in [-0.2, 0) is 16.0 Å². The summed E-state index contributed by atoms with van der Waals surface area (Å²) >= 11 is 0. The van der Waals surface area contributed by atoms with E-state index < -0.39 is 35.7 Å². The number of halogens is 2. The molecule has 0 saturated carbocycles. The first-order valence-corrected chi connectivity index (χ1v) is 8.05. The van der Waals surface area contributed by atoms with Gasteiger partial charge in [-0.1, -0.05) is 12.1 Å². The lowest BCUT2D eigenvalue weighted by Gasteiger charge is -2.35. The van der Waals surface area contributed by atoms with Crippen molar-refractivity contribution in [2.75, 3.05) is 13.7 Å². The van der Waals surface area contributed by atoms with Crippen molar-refractivity contribution in [2.24, 2.45) is 0 Å². The van der Waals surface area contributed by atoms with E-state index in [1.807, 2.05) is 0 Å². The molecule has 0 spiro atoms. The number of imidazole rings is 1. The molecular formula is C17H18F2N4O3. The van der Waals surface area contributed by atoms with Crippen molar-refractivity contribution in [3.8, 4) is 0 Å². The highest BCUT2D eigenvalue weighted by molar-refractivity contribution is 5.83. The Balaban J connectivity index is 1.97. The molecule has 2 heterocycles. The van der Waals surface area contributed by atoms with Crippen LogP contribution >= 0.6 is 0 Å². The molecule has 26 heavy (non-hydrogen) atoms. The molecule has 0 radical (unpaired) electrons. The van der Waals surface area contributed by atoms with E-state index in [1.165, 1.54) is 37.4 Å². The summed E-state index contributed by atoms with van der Waals surface area (Å²) in [5.74, 6) is -2.65. The number of carbonyl (C=O) groups excluding carboxylic acids is 2. The van der Waals surface area contributed by atoms with E-state index in [-0.39, 0.29) is 12.1 Å². The summed E-state index contributed by atoms with van der Waals surface area (Å²) in [7, 11) is 1.22. The molecule has 0 saturated heterocycles. The number of rotatable bonds is 3. The molecule has 1 aliphatic heterocycles. The molecule has 0 aliphatic carbocycles. The zero-order valence-corrected chi connectivity index (χ0v) is 14.3. The lowest BCUT2D eigenvalue weighted by Crippen LogP contribution is -2.50. The second-order valence-electron chi connectivity index (χ2n) is 5.95. The van der Waals surface area contributed by atoms with Gasteiger partial charge in [-0.15, -0.1) is 0 Å². The molecule has 2 N–H and O–H groups in total. The first-order chi connectivity index (χ1) is 12.4. The average Bonchev–Trinajstić information content (AvgIpc) is 3.11. The predicted molar refractivity (Wildman–Crippen MR) is 87.2 cm³/mol. The van der Waals surface area contributed by atoms with Gasteiger partial charge in [0.15, 0.2) is 11.6 Å². The Morgan fingerprint density at radius 1 is 1.42 bits per heavy atom. The van der Waals surface area contributed by atoms with Gasteiger partial charge in [-0.3, -0.25) is 0 Å². The summed E-state index contributed by atoms with van der Waals surface area (Å²) in [6.07, 6.45) is 1.93. The number of fused-ring (bicyclic) bond motifs is 1. The molecule has 1 aromatic carbocycles. The predicted octanol–water partition coefficient (Wildman–Crippen LogP) is 1.91. The van der Waals surface area contributed by atoms with E-state index in [0.717, 1.165) is 11.8 Å². The van der Waals surface area contributed by atoms with Crippen LogP contribution in [0.4, 0.5) is 13.6 Å². The van der Waals surface area contributed by atoms with Crippen molar-refractivity contribution in [1.82, 2.24) is 20.2 Å². The van der Waals surface area contributed by atoms with Crippen LogP contribution < -0.4 is 5.32 Å². The van der Waals surface area contributed by atoms with Gasteiger partial charge in [-0.25, -0.2) is 23.4 Å². The number of aromatic amines is 1. The lowest BCUT2D eigenvalue weighted by molar-refractivity contribution is -0.142. The first-order valence-electron chi connectivity index (χ1n) is 8.05. The number of aromatic nitrogens is 2. The van der Waals surface area contributed by atoms with Crippen molar-refractivity contribution >= 4 is 12.0 Å². The third kappa shape index (κ3) is 3.12. The van der Waals surface area contributed by atoms with Crippen LogP contribution in [0.2, 0.25) is 0 Å². The second kappa shape index (κ2) is 7.11. The van der Waals surface area contributed by atoms with Crippen molar-refractivity contribution in [3.63, 3.8) is 0 Å². The SMILES string of the molecule is COC(=O)[C@@H](C)NC(=O)N1CCc2[nH]cnc2[C@@H]1c1cccc(F)c1F. The fourth-order valence-electron chi connectivity index (χ4n) is 3.05. The van der Waals surface area contributed by atoms with Gasteiger partial charge in [0.25, 0.3) is 0 Å². The maximum atomic E-state index is 14.4. The molecular weight excluding hydrogens is 346 g/mol. The Bertz CT molecular complexity index is 839. The number of methoxy groups -OCH3 is 1. The highest BCUT2D eigenvalue weighted by Gasteiger charge is 2.37. The molecule has 2 atom stereocenters. The molecule has 2 amide bonds. The second-order valence-corrected chi connectivity index (χ2v) is 5.95. The van der Waals surface area contributed by atoms with Gasteiger partial charge < -0.3 is 19.9 Å². The lowest BCUT2D eigenvalue weighted by atomic mass is 9.95. The fraction of sp³-hybridized carbons (Fsp3) is 0.353. The van der Waals surface area contributed by atoms with Gasteiger partial charge in [-0.05, 0) is 13.0 Å². The Labute approximate surface area is 148 Å². The van der Waals surface area contributed by atoms with Crippen LogP contribution in [0.3, 0.4) is 0 Å². The van der Waals surface area contributed by atoms with Crippen LogP contribution in [0.25, 0.3) is 0 Å². The molecule has 1 aromatic heterocycles. The number of nitrogens with zero attached hydrogens (tertiary/aromatic N) is 2. The zero-order chi connectivity index (χ0) is 18.8. The maximum Gasteiger partial charge on any atom is 0.328 e. The topological polar surface area (TPSA) is 87.3 Å². The molecule has 9 heteroatoms. The highest BCUT2D eigenvalue weighted by atomic mass is 19.2. The number of ether oxygens (including phenoxy) is 1. The van der Waals surface area contributed by atoms with E-state index in [2.05, 4.69) is 20.0 Å². The highest BCUT2D eigenvalue weighted by Crippen LogP contribution is 2.35. The van der Waals surface area contributed by atoms with Crippen LogP contribution in [0.15, 0.2) is 24.5 Å². The summed E-state index contributed by atoms with van der Waals surface area (Å²) in [6.45, 7) is 1.72. The molecule has 3 rings (SSSR count). The maximum absolute atomic E-state index is 14.4. The molecule has 1 aliphatic rings. The van der Waals surface area contributed by atoms with Crippen LogP contribution in [0, 0.1) is 11.6 Å².